The molecule has 1 atom stereocenters. The van der Waals surface area contributed by atoms with Gasteiger partial charge in [-0.15, -0.1) is 0 Å². The van der Waals surface area contributed by atoms with Gasteiger partial charge in [0, 0.05) is 30.1 Å². The van der Waals surface area contributed by atoms with Crippen LogP contribution in [0.15, 0.2) is 60.7 Å². The summed E-state index contributed by atoms with van der Waals surface area (Å²) in [5, 5.41) is 17.5. The Morgan fingerprint density at radius 1 is 1.08 bits per heavy atom. The van der Waals surface area contributed by atoms with Crippen molar-refractivity contribution >= 4 is 11.6 Å². The van der Waals surface area contributed by atoms with Crippen LogP contribution in [0.5, 0.6) is 17.2 Å². The van der Waals surface area contributed by atoms with Crippen molar-refractivity contribution in [2.24, 2.45) is 0 Å². The van der Waals surface area contributed by atoms with Crippen molar-refractivity contribution in [3.63, 3.8) is 0 Å². The van der Waals surface area contributed by atoms with Gasteiger partial charge in [-0.05, 0) is 49.1 Å². The van der Waals surface area contributed by atoms with Crippen LogP contribution in [0.2, 0.25) is 0 Å². The Labute approximate surface area is 211 Å². The topological polar surface area (TPSA) is 89.1 Å². The predicted octanol–water partition coefficient (Wildman–Crippen LogP) is 4.18. The normalized spacial score (nSPS) is 15.2. The van der Waals surface area contributed by atoms with Gasteiger partial charge in [0.15, 0.2) is 6.61 Å². The van der Waals surface area contributed by atoms with Gasteiger partial charge in [-0.3, -0.25) is 4.79 Å². The highest BCUT2D eigenvalue weighted by molar-refractivity contribution is 5.96. The van der Waals surface area contributed by atoms with Gasteiger partial charge in [0.1, 0.15) is 23.9 Å². The summed E-state index contributed by atoms with van der Waals surface area (Å²) in [7, 11) is 0. The number of ether oxygens (including phenoxy) is 3. The molecule has 0 spiro atoms. The summed E-state index contributed by atoms with van der Waals surface area (Å²) < 4.78 is 17.3. The molecule has 5 rings (SSSR count). The monoisotopic (exact) mass is 488 g/mol. The Bertz CT molecular complexity index is 1240. The summed E-state index contributed by atoms with van der Waals surface area (Å²) in [5.41, 5.74) is 4.33. The number of nitrogens with one attached hydrogen (secondary N) is 2. The van der Waals surface area contributed by atoms with Crippen LogP contribution in [0.25, 0.3) is 0 Å². The molecule has 7 heteroatoms. The highest BCUT2D eigenvalue weighted by Crippen LogP contribution is 2.39. The van der Waals surface area contributed by atoms with E-state index in [0.29, 0.717) is 35.9 Å². The number of fused-ring (bicyclic) bond motifs is 2. The fourth-order valence-corrected chi connectivity index (χ4v) is 4.68. The smallest absolute Gasteiger partial charge is 0.262 e. The van der Waals surface area contributed by atoms with E-state index in [0.717, 1.165) is 30.8 Å². The van der Waals surface area contributed by atoms with Crippen LogP contribution < -0.4 is 24.8 Å². The second kappa shape index (κ2) is 10.2. The van der Waals surface area contributed by atoms with E-state index in [2.05, 4.69) is 36.6 Å². The van der Waals surface area contributed by atoms with Gasteiger partial charge in [-0.25, -0.2) is 0 Å². The molecule has 0 saturated carbocycles. The minimum atomic E-state index is -0.860. The average Bonchev–Trinajstić information content (AvgIpc) is 3.34. The Morgan fingerprint density at radius 3 is 2.75 bits per heavy atom. The van der Waals surface area contributed by atoms with Crippen LogP contribution in [0, 0.1) is 0 Å². The van der Waals surface area contributed by atoms with Crippen molar-refractivity contribution in [1.82, 2.24) is 5.32 Å². The summed E-state index contributed by atoms with van der Waals surface area (Å²) in [6.07, 6.45) is 0.888. The summed E-state index contributed by atoms with van der Waals surface area (Å²) in [4.78, 5) is 11.9. The van der Waals surface area contributed by atoms with Gasteiger partial charge in [0.05, 0.1) is 18.4 Å². The van der Waals surface area contributed by atoms with Gasteiger partial charge in [0.2, 0.25) is 0 Å². The third kappa shape index (κ3) is 5.64. The number of amides is 1. The highest BCUT2D eigenvalue weighted by atomic mass is 16.5. The number of β-amino-alcohol motifs (C(OH)–C–C–N with tert-alkyl or cyclic N) is 1. The molecule has 1 amide bonds. The van der Waals surface area contributed by atoms with Gasteiger partial charge in [-0.1, -0.05) is 42.5 Å². The van der Waals surface area contributed by atoms with Gasteiger partial charge < -0.3 is 30.0 Å². The van der Waals surface area contributed by atoms with E-state index in [1.165, 1.54) is 11.1 Å². The molecule has 0 fully saturated rings. The number of rotatable bonds is 9. The largest absolute Gasteiger partial charge is 0.493 e. The summed E-state index contributed by atoms with van der Waals surface area (Å²) >= 11 is 0. The number of carbonyl (C=O) groups excluding carboxylic acids is 1. The quantitative estimate of drug-likeness (QED) is 0.419. The molecule has 0 aromatic heterocycles. The maximum Gasteiger partial charge on any atom is 0.262 e. The Balaban J connectivity index is 1.29. The predicted molar refractivity (Wildman–Crippen MR) is 138 cm³/mol. The zero-order valence-corrected chi connectivity index (χ0v) is 20.7. The van der Waals surface area contributed by atoms with Gasteiger partial charge >= 0.3 is 0 Å². The lowest BCUT2D eigenvalue weighted by atomic mass is 9.93. The van der Waals surface area contributed by atoms with Crippen molar-refractivity contribution in [3.05, 3.63) is 82.9 Å². The first-order chi connectivity index (χ1) is 17.4. The molecule has 2 aliphatic rings. The van der Waals surface area contributed by atoms with Crippen molar-refractivity contribution in [1.29, 1.82) is 0 Å². The van der Waals surface area contributed by atoms with E-state index in [4.69, 9.17) is 14.2 Å². The van der Waals surface area contributed by atoms with Gasteiger partial charge in [0.25, 0.3) is 5.91 Å². The number of aliphatic hydroxyl groups excluding tert-OH is 1. The Morgan fingerprint density at radius 2 is 1.92 bits per heavy atom. The van der Waals surface area contributed by atoms with E-state index >= 15 is 0 Å². The Hall–Kier alpha value is -3.55. The number of anilines is 1. The summed E-state index contributed by atoms with van der Waals surface area (Å²) in [5.74, 6) is 1.78. The lowest BCUT2D eigenvalue weighted by molar-refractivity contribution is -0.118. The van der Waals surface area contributed by atoms with Crippen molar-refractivity contribution in [2.45, 2.75) is 44.9 Å². The van der Waals surface area contributed by atoms with E-state index in [9.17, 15) is 9.90 Å². The van der Waals surface area contributed by atoms with Crippen LogP contribution in [-0.2, 0) is 24.2 Å². The van der Waals surface area contributed by atoms with Crippen LogP contribution in [0.4, 0.5) is 5.69 Å². The van der Waals surface area contributed by atoms with Crippen LogP contribution >= 0.6 is 0 Å². The molecular weight excluding hydrogens is 456 g/mol. The third-order valence-corrected chi connectivity index (χ3v) is 6.49. The number of hydrogen-bond acceptors (Lipinski definition) is 6. The molecule has 0 saturated heterocycles. The third-order valence-electron chi connectivity index (χ3n) is 6.49. The van der Waals surface area contributed by atoms with E-state index < -0.39 is 6.10 Å². The molecule has 2 heterocycles. The molecule has 7 nitrogen and oxygen atoms in total. The SMILES string of the molecule is CC(C)(Cc1ccc2c(c1)CCO2)NCC(O)c1cc(OCc2ccccc2)cc2c1OCC(=O)N2. The fraction of sp³-hybridized carbons (Fsp3) is 0.345. The first-order valence-corrected chi connectivity index (χ1v) is 12.3. The van der Waals surface area contributed by atoms with Crippen LogP contribution in [0.3, 0.4) is 0 Å². The average molecular weight is 489 g/mol. The summed E-state index contributed by atoms with van der Waals surface area (Å²) in [6, 6.07) is 19.7. The maximum atomic E-state index is 11.9. The van der Waals surface area contributed by atoms with E-state index in [-0.39, 0.29) is 18.1 Å². The summed E-state index contributed by atoms with van der Waals surface area (Å²) in [6.45, 7) is 5.59. The zero-order valence-electron chi connectivity index (χ0n) is 20.7. The second-order valence-electron chi connectivity index (χ2n) is 10.00. The van der Waals surface area contributed by atoms with Crippen molar-refractivity contribution in [2.75, 3.05) is 25.1 Å². The Kier molecular flexibility index (Phi) is 6.85. The lowest BCUT2D eigenvalue weighted by Gasteiger charge is -2.29. The highest BCUT2D eigenvalue weighted by Gasteiger charge is 2.27. The molecule has 1 unspecified atom stereocenters. The van der Waals surface area contributed by atoms with Crippen molar-refractivity contribution < 1.29 is 24.1 Å². The number of benzene rings is 3. The molecule has 0 bridgehead atoms. The van der Waals surface area contributed by atoms with E-state index in [1.807, 2.05) is 36.4 Å². The number of aliphatic hydroxyl groups is 1. The lowest BCUT2D eigenvalue weighted by Crippen LogP contribution is -2.43. The molecule has 2 aliphatic heterocycles. The van der Waals surface area contributed by atoms with Crippen LogP contribution in [-0.4, -0.2) is 36.3 Å². The minimum Gasteiger partial charge on any atom is -0.493 e. The standard InChI is InChI=1S/C29H32N2O5/c1-29(2,15-20-8-9-26-21(12-20)10-11-34-26)30-16-25(32)23-13-22(35-17-19-6-4-3-5-7-19)14-24-28(23)36-18-27(33)31-24/h3-9,12-14,25,30,32H,10-11,15-18H2,1-2H3,(H,31,33). The number of hydrogen-bond donors (Lipinski definition) is 3. The first kappa shape index (κ1) is 24.2. The van der Waals surface area contributed by atoms with Gasteiger partial charge in [-0.2, -0.15) is 0 Å². The molecular formula is C29H32N2O5. The molecule has 188 valence electrons. The second-order valence-corrected chi connectivity index (χ2v) is 10.00. The molecule has 0 aliphatic carbocycles. The zero-order chi connectivity index (χ0) is 25.1. The van der Waals surface area contributed by atoms with E-state index in [1.54, 1.807) is 12.1 Å². The number of carbonyl (C=O) groups is 1. The van der Waals surface area contributed by atoms with Crippen LogP contribution in [0.1, 0.15) is 42.2 Å². The minimum absolute atomic E-state index is 0.0854. The maximum absolute atomic E-state index is 11.9. The molecule has 3 N–H and O–H groups in total. The van der Waals surface area contributed by atoms with Crippen molar-refractivity contribution in [3.8, 4) is 17.2 Å². The molecule has 3 aromatic rings. The molecule has 3 aromatic carbocycles. The fourth-order valence-electron chi connectivity index (χ4n) is 4.68. The first-order valence-electron chi connectivity index (χ1n) is 12.3. The molecule has 0 radical (unpaired) electrons. The molecule has 36 heavy (non-hydrogen) atoms.